The van der Waals surface area contributed by atoms with Crippen molar-refractivity contribution in [3.8, 4) is 0 Å². The van der Waals surface area contributed by atoms with Crippen molar-refractivity contribution in [1.29, 1.82) is 0 Å². The number of rotatable bonds is 6. The molecule has 1 unspecified atom stereocenters. The summed E-state index contributed by atoms with van der Waals surface area (Å²) in [4.78, 5) is 37.9. The molecule has 1 aliphatic rings. The van der Waals surface area contributed by atoms with Crippen LogP contribution in [0, 0.1) is 0 Å². The van der Waals surface area contributed by atoms with Crippen molar-refractivity contribution in [2.24, 2.45) is 0 Å². The molecular weight excluding hydrogens is 366 g/mol. The van der Waals surface area contributed by atoms with Gasteiger partial charge >= 0.3 is 5.97 Å². The Morgan fingerprint density at radius 3 is 2.41 bits per heavy atom. The van der Waals surface area contributed by atoms with Gasteiger partial charge in [-0.15, -0.1) is 11.3 Å². The third-order valence-corrected chi connectivity index (χ3v) is 5.29. The van der Waals surface area contributed by atoms with Gasteiger partial charge in [0.05, 0.1) is 11.4 Å². The first-order chi connectivity index (χ1) is 13.0. The van der Waals surface area contributed by atoms with Crippen molar-refractivity contribution in [2.75, 3.05) is 23.7 Å². The Kier molecular flexibility index (Phi) is 6.20. The molecule has 2 amide bonds. The fraction of sp³-hybridized carbons (Fsp3) is 0.316. The molecule has 2 heterocycles. The topological polar surface area (TPSA) is 98.7 Å². The molecule has 0 radical (unpaired) electrons. The summed E-state index contributed by atoms with van der Waals surface area (Å²) >= 11 is 1.36. The van der Waals surface area contributed by atoms with Gasteiger partial charge in [0, 0.05) is 11.4 Å². The predicted molar refractivity (Wildman–Crippen MR) is 104 cm³/mol. The summed E-state index contributed by atoms with van der Waals surface area (Å²) < 4.78 is 0. The molecule has 8 heteroatoms. The summed E-state index contributed by atoms with van der Waals surface area (Å²) in [7, 11) is 0. The highest BCUT2D eigenvalue weighted by Gasteiger charge is 2.29. The second-order valence-electron chi connectivity index (χ2n) is 6.38. The minimum atomic E-state index is -0.881. The molecule has 2 aromatic rings. The van der Waals surface area contributed by atoms with E-state index < -0.39 is 12.0 Å². The fourth-order valence-corrected chi connectivity index (χ4v) is 3.70. The minimum Gasteiger partial charge on any atom is -0.480 e. The summed E-state index contributed by atoms with van der Waals surface area (Å²) in [5.74, 6) is -1.31. The normalized spacial score (nSPS) is 17.3. The third-order valence-electron chi connectivity index (χ3n) is 4.42. The Bertz CT molecular complexity index is 805. The highest BCUT2D eigenvalue weighted by atomic mass is 32.1. The number of carboxylic acid groups (broad SMARTS) is 1. The average molecular weight is 387 g/mol. The first-order valence-electron chi connectivity index (χ1n) is 8.74. The van der Waals surface area contributed by atoms with Crippen LogP contribution >= 0.6 is 11.3 Å². The van der Waals surface area contributed by atoms with E-state index in [1.54, 1.807) is 35.2 Å². The molecule has 3 N–H and O–H groups in total. The van der Waals surface area contributed by atoms with E-state index >= 15 is 0 Å². The van der Waals surface area contributed by atoms with Gasteiger partial charge in [0.15, 0.2) is 0 Å². The average Bonchev–Trinajstić information content (AvgIpc) is 3.18. The van der Waals surface area contributed by atoms with Gasteiger partial charge in [0.2, 0.25) is 5.91 Å². The van der Waals surface area contributed by atoms with E-state index in [9.17, 15) is 19.5 Å². The van der Waals surface area contributed by atoms with Crippen molar-refractivity contribution >= 4 is 40.5 Å². The second kappa shape index (κ2) is 8.79. The molecule has 1 aliphatic heterocycles. The molecule has 0 spiro atoms. The van der Waals surface area contributed by atoms with Crippen LogP contribution in [-0.2, 0) is 9.59 Å². The van der Waals surface area contributed by atoms with Crippen molar-refractivity contribution in [3.63, 3.8) is 0 Å². The van der Waals surface area contributed by atoms with Crippen LogP contribution in [-0.4, -0.2) is 46.9 Å². The zero-order valence-corrected chi connectivity index (χ0v) is 15.5. The van der Waals surface area contributed by atoms with E-state index in [-0.39, 0.29) is 18.4 Å². The van der Waals surface area contributed by atoms with Crippen LogP contribution < -0.4 is 10.6 Å². The maximum atomic E-state index is 12.3. The molecule has 1 fully saturated rings. The summed E-state index contributed by atoms with van der Waals surface area (Å²) in [6.07, 6.45) is 2.34. The monoisotopic (exact) mass is 387 g/mol. The van der Waals surface area contributed by atoms with E-state index in [2.05, 4.69) is 10.6 Å². The zero-order chi connectivity index (χ0) is 19.2. The lowest BCUT2D eigenvalue weighted by Crippen LogP contribution is -2.47. The molecule has 1 saturated heterocycles. The number of carboxylic acids is 1. The van der Waals surface area contributed by atoms with Crippen molar-refractivity contribution < 1.29 is 19.5 Å². The molecular formula is C19H21N3O4S. The molecule has 142 valence electrons. The van der Waals surface area contributed by atoms with Crippen LogP contribution in [0.2, 0.25) is 0 Å². The van der Waals surface area contributed by atoms with Crippen LogP contribution in [0.3, 0.4) is 0 Å². The smallest absolute Gasteiger partial charge is 0.320 e. The van der Waals surface area contributed by atoms with Crippen molar-refractivity contribution in [2.45, 2.75) is 25.3 Å². The van der Waals surface area contributed by atoms with E-state index in [4.69, 9.17) is 0 Å². The van der Waals surface area contributed by atoms with E-state index in [1.165, 1.54) is 11.3 Å². The van der Waals surface area contributed by atoms with Gasteiger partial charge in [-0.25, -0.2) is 0 Å². The lowest BCUT2D eigenvalue weighted by molar-refractivity contribution is -0.145. The van der Waals surface area contributed by atoms with Crippen LogP contribution in [0.4, 0.5) is 11.4 Å². The zero-order valence-electron chi connectivity index (χ0n) is 14.7. The lowest BCUT2D eigenvalue weighted by Gasteiger charge is -2.32. The Labute approximate surface area is 161 Å². The molecule has 1 aromatic heterocycles. The molecule has 1 aromatic carbocycles. The number of benzene rings is 1. The Hall–Kier alpha value is -2.71. The van der Waals surface area contributed by atoms with Crippen LogP contribution in [0.15, 0.2) is 41.8 Å². The first-order valence-corrected chi connectivity index (χ1v) is 9.62. The number of nitrogens with one attached hydrogen (secondary N) is 2. The second-order valence-corrected chi connectivity index (χ2v) is 7.32. The van der Waals surface area contributed by atoms with E-state index in [1.807, 2.05) is 11.4 Å². The van der Waals surface area contributed by atoms with E-state index in [0.717, 1.165) is 12.8 Å². The number of hydrogen-bond donors (Lipinski definition) is 3. The number of amides is 2. The number of piperidine rings is 1. The molecule has 7 nitrogen and oxygen atoms in total. The number of thiophene rings is 1. The largest absolute Gasteiger partial charge is 0.480 e. The Balaban J connectivity index is 1.53. The Morgan fingerprint density at radius 2 is 1.78 bits per heavy atom. The first kappa shape index (κ1) is 19.1. The van der Waals surface area contributed by atoms with Crippen molar-refractivity contribution in [1.82, 2.24) is 4.90 Å². The SMILES string of the molecule is O=C(CN1CCCCC1C(=O)O)Nc1ccc(NC(=O)c2cccs2)cc1. The highest BCUT2D eigenvalue weighted by molar-refractivity contribution is 7.12. The highest BCUT2D eigenvalue weighted by Crippen LogP contribution is 2.19. The van der Waals surface area contributed by atoms with Gasteiger partial charge < -0.3 is 15.7 Å². The maximum Gasteiger partial charge on any atom is 0.320 e. The summed E-state index contributed by atoms with van der Waals surface area (Å²) in [5, 5.41) is 16.7. The maximum absolute atomic E-state index is 12.3. The van der Waals surface area contributed by atoms with Crippen molar-refractivity contribution in [3.05, 3.63) is 46.7 Å². The summed E-state index contributed by atoms with van der Waals surface area (Å²) in [5.41, 5.74) is 1.23. The number of carbonyl (C=O) groups excluding carboxylic acids is 2. The van der Waals surface area contributed by atoms with Gasteiger partial charge in [0.1, 0.15) is 6.04 Å². The number of anilines is 2. The molecule has 3 rings (SSSR count). The van der Waals surface area contributed by atoms with Crippen LogP contribution in [0.25, 0.3) is 0 Å². The van der Waals surface area contributed by atoms with Gasteiger partial charge in [-0.1, -0.05) is 12.5 Å². The molecule has 0 aliphatic carbocycles. The Morgan fingerprint density at radius 1 is 1.07 bits per heavy atom. The summed E-state index contributed by atoms with van der Waals surface area (Å²) in [6.45, 7) is 0.659. The predicted octanol–water partition coefficient (Wildman–Crippen LogP) is 2.88. The number of likely N-dealkylation sites (tertiary alicyclic amines) is 1. The molecule has 27 heavy (non-hydrogen) atoms. The minimum absolute atomic E-state index is 0.0494. The van der Waals surface area contributed by atoms with Gasteiger partial charge in [0.25, 0.3) is 5.91 Å². The quantitative estimate of drug-likeness (QED) is 0.708. The van der Waals surface area contributed by atoms with Gasteiger partial charge in [-0.3, -0.25) is 19.3 Å². The number of aliphatic carboxylic acids is 1. The molecule has 0 saturated carbocycles. The number of hydrogen-bond acceptors (Lipinski definition) is 5. The standard InChI is InChI=1S/C19H21N3O4S/c23-17(12-22-10-2-1-4-15(22)19(25)26)20-13-6-8-14(9-7-13)21-18(24)16-5-3-11-27-16/h3,5-9,11,15H,1-2,4,10,12H2,(H,20,23)(H,21,24)(H,25,26). The van der Waals surface area contributed by atoms with Crippen LogP contribution in [0.1, 0.15) is 28.9 Å². The van der Waals surface area contributed by atoms with Gasteiger partial charge in [-0.2, -0.15) is 0 Å². The lowest BCUT2D eigenvalue weighted by atomic mass is 10.0. The van der Waals surface area contributed by atoms with E-state index in [0.29, 0.717) is 29.2 Å². The van der Waals surface area contributed by atoms with Crippen LogP contribution in [0.5, 0.6) is 0 Å². The number of carbonyl (C=O) groups is 3. The molecule has 1 atom stereocenters. The third kappa shape index (κ3) is 5.15. The molecule has 0 bridgehead atoms. The number of nitrogens with zero attached hydrogens (tertiary/aromatic N) is 1. The van der Waals surface area contributed by atoms with Gasteiger partial charge in [-0.05, 0) is 55.1 Å². The fourth-order valence-electron chi connectivity index (χ4n) is 3.08. The summed E-state index contributed by atoms with van der Waals surface area (Å²) in [6, 6.07) is 9.79.